The predicted molar refractivity (Wildman–Crippen MR) is 78.3 cm³/mol. The van der Waals surface area contributed by atoms with Crippen LogP contribution in [0.5, 0.6) is 0 Å². The fourth-order valence-corrected chi connectivity index (χ4v) is 4.63. The molecule has 4 bridgehead atoms. The van der Waals surface area contributed by atoms with Crippen LogP contribution in [0.1, 0.15) is 42.5 Å². The highest BCUT2D eigenvalue weighted by molar-refractivity contribution is 5.96. The molecule has 1 N–H and O–H groups in total. The molecule has 0 aromatic heterocycles. The summed E-state index contributed by atoms with van der Waals surface area (Å²) in [5.74, 6) is 2.35. The van der Waals surface area contributed by atoms with Gasteiger partial charge in [0.15, 0.2) is 0 Å². The van der Waals surface area contributed by atoms with E-state index < -0.39 is 0 Å². The second-order valence-electron chi connectivity index (χ2n) is 6.79. The zero-order valence-corrected chi connectivity index (χ0v) is 11.9. The molecule has 0 saturated heterocycles. The number of nitrogens with one attached hydrogen (secondary N) is 1. The van der Waals surface area contributed by atoms with E-state index in [4.69, 9.17) is 0 Å². The normalized spacial score (nSPS) is 33.1. The van der Waals surface area contributed by atoms with Crippen molar-refractivity contribution in [1.29, 1.82) is 0 Å². The molecule has 4 fully saturated rings. The van der Waals surface area contributed by atoms with E-state index in [1.165, 1.54) is 62.1 Å². The van der Waals surface area contributed by atoms with Crippen molar-refractivity contribution in [2.24, 2.45) is 28.8 Å². The second kappa shape index (κ2) is 4.93. The summed E-state index contributed by atoms with van der Waals surface area (Å²) in [5.41, 5.74) is 4.33. The third kappa shape index (κ3) is 2.37. The van der Waals surface area contributed by atoms with Gasteiger partial charge in [-0.2, -0.15) is 5.10 Å². The van der Waals surface area contributed by atoms with E-state index in [2.05, 4.69) is 10.5 Å². The first-order chi connectivity index (χ1) is 10.2. The number of halogens is 1. The molecule has 1 amide bonds. The van der Waals surface area contributed by atoms with Gasteiger partial charge in [-0.3, -0.25) is 4.79 Å². The lowest BCUT2D eigenvalue weighted by atomic mass is 9.55. The molecule has 4 heteroatoms. The molecule has 0 aliphatic heterocycles. The molecule has 3 nitrogen and oxygen atoms in total. The number of hydrogen-bond acceptors (Lipinski definition) is 2. The molecule has 1 aromatic carbocycles. The maximum Gasteiger partial charge on any atom is 0.271 e. The molecule has 21 heavy (non-hydrogen) atoms. The lowest BCUT2D eigenvalue weighted by Gasteiger charge is -2.50. The third-order valence-electron chi connectivity index (χ3n) is 5.37. The summed E-state index contributed by atoms with van der Waals surface area (Å²) in [7, 11) is 0. The highest BCUT2D eigenvalue weighted by Crippen LogP contribution is 2.52. The topological polar surface area (TPSA) is 41.5 Å². The van der Waals surface area contributed by atoms with Gasteiger partial charge in [-0.25, -0.2) is 9.82 Å². The average molecular weight is 286 g/mol. The van der Waals surface area contributed by atoms with Crippen molar-refractivity contribution < 1.29 is 9.18 Å². The van der Waals surface area contributed by atoms with Gasteiger partial charge in [0.1, 0.15) is 5.82 Å². The van der Waals surface area contributed by atoms with Gasteiger partial charge < -0.3 is 0 Å². The van der Waals surface area contributed by atoms with E-state index in [9.17, 15) is 9.18 Å². The number of rotatable bonds is 2. The zero-order chi connectivity index (χ0) is 14.4. The van der Waals surface area contributed by atoms with Gasteiger partial charge >= 0.3 is 0 Å². The molecule has 0 spiro atoms. The quantitative estimate of drug-likeness (QED) is 0.832. The van der Waals surface area contributed by atoms with Crippen LogP contribution in [0.15, 0.2) is 29.4 Å². The van der Waals surface area contributed by atoms with Crippen LogP contribution in [0, 0.1) is 29.5 Å². The summed E-state index contributed by atoms with van der Waals surface area (Å²) >= 11 is 0. The first-order valence-electron chi connectivity index (χ1n) is 7.82. The lowest BCUT2D eigenvalue weighted by molar-refractivity contribution is 0.0942. The van der Waals surface area contributed by atoms with Crippen LogP contribution in [0.4, 0.5) is 4.39 Å². The van der Waals surface area contributed by atoms with E-state index in [1.807, 2.05) is 0 Å². The number of carbonyl (C=O) groups is 1. The van der Waals surface area contributed by atoms with Crippen molar-refractivity contribution in [2.75, 3.05) is 0 Å². The summed E-state index contributed by atoms with van der Waals surface area (Å²) in [5, 5.41) is 4.44. The Morgan fingerprint density at radius 2 is 1.57 bits per heavy atom. The third-order valence-corrected chi connectivity index (χ3v) is 5.37. The number of hydrogen-bond donors (Lipinski definition) is 1. The summed E-state index contributed by atoms with van der Waals surface area (Å²) in [6.07, 6.45) is 6.40. The maximum atomic E-state index is 12.9. The van der Waals surface area contributed by atoms with Crippen LogP contribution < -0.4 is 5.43 Å². The van der Waals surface area contributed by atoms with Crippen molar-refractivity contribution in [3.8, 4) is 0 Å². The van der Waals surface area contributed by atoms with E-state index in [0.717, 1.165) is 11.8 Å². The Morgan fingerprint density at radius 1 is 1.00 bits per heavy atom. The van der Waals surface area contributed by atoms with Crippen LogP contribution in [0.3, 0.4) is 0 Å². The number of nitrogens with zero attached hydrogens (tertiary/aromatic N) is 1. The smallest absolute Gasteiger partial charge is 0.267 e. The summed E-state index contributed by atoms with van der Waals surface area (Å²) < 4.78 is 12.9. The van der Waals surface area contributed by atoms with Crippen molar-refractivity contribution in [3.05, 3.63) is 35.6 Å². The highest BCUT2D eigenvalue weighted by atomic mass is 19.1. The van der Waals surface area contributed by atoms with E-state index in [0.29, 0.717) is 17.4 Å². The molecule has 4 aliphatic carbocycles. The first kappa shape index (κ1) is 13.0. The van der Waals surface area contributed by atoms with Crippen molar-refractivity contribution in [3.63, 3.8) is 0 Å². The predicted octanol–water partition coefficient (Wildman–Crippen LogP) is 3.37. The van der Waals surface area contributed by atoms with E-state index in [1.54, 1.807) is 0 Å². The monoisotopic (exact) mass is 286 g/mol. The number of hydrazone groups is 1. The molecule has 0 radical (unpaired) electrons. The standard InChI is InChI=1S/C17H19FN2O/c18-15-3-1-12(2-4-15)17(21)20-19-16-13-6-10-5-11(8-13)9-14(16)7-10/h1-4,10-11,13-14H,5-9H2,(H,20,21). The molecule has 0 unspecified atom stereocenters. The largest absolute Gasteiger partial charge is 0.271 e. The molecule has 5 rings (SSSR count). The van der Waals surface area contributed by atoms with Crippen LogP contribution in [0.25, 0.3) is 0 Å². The summed E-state index contributed by atoms with van der Waals surface area (Å²) in [6.45, 7) is 0. The Labute approximate surface area is 123 Å². The van der Waals surface area contributed by atoms with Crippen LogP contribution in [-0.4, -0.2) is 11.6 Å². The average Bonchev–Trinajstić information content (AvgIpc) is 2.46. The molecular weight excluding hydrogens is 267 g/mol. The van der Waals surface area contributed by atoms with Crippen molar-refractivity contribution in [1.82, 2.24) is 5.43 Å². The first-order valence-corrected chi connectivity index (χ1v) is 7.82. The molecule has 4 aliphatic rings. The molecule has 0 atom stereocenters. The number of benzene rings is 1. The van der Waals surface area contributed by atoms with E-state index in [-0.39, 0.29) is 11.7 Å². The molecule has 4 saturated carbocycles. The molecule has 0 heterocycles. The van der Waals surface area contributed by atoms with Gasteiger partial charge in [-0.15, -0.1) is 0 Å². The van der Waals surface area contributed by atoms with Crippen LogP contribution in [0.2, 0.25) is 0 Å². The van der Waals surface area contributed by atoms with Gasteiger partial charge in [0, 0.05) is 11.3 Å². The number of amides is 1. The van der Waals surface area contributed by atoms with Gasteiger partial charge in [-0.05, 0) is 80.0 Å². The lowest BCUT2D eigenvalue weighted by Crippen LogP contribution is -2.46. The zero-order valence-electron chi connectivity index (χ0n) is 11.9. The fourth-order valence-electron chi connectivity index (χ4n) is 4.63. The Hall–Kier alpha value is -1.71. The minimum atomic E-state index is -0.334. The van der Waals surface area contributed by atoms with Gasteiger partial charge in [-0.1, -0.05) is 0 Å². The van der Waals surface area contributed by atoms with Gasteiger partial charge in [0.05, 0.1) is 0 Å². The maximum absolute atomic E-state index is 12.9. The minimum Gasteiger partial charge on any atom is -0.267 e. The van der Waals surface area contributed by atoms with E-state index >= 15 is 0 Å². The second-order valence-corrected chi connectivity index (χ2v) is 6.79. The molecule has 110 valence electrons. The Bertz CT molecular complexity index is 563. The molecular formula is C17H19FN2O. The van der Waals surface area contributed by atoms with Gasteiger partial charge in [0.25, 0.3) is 5.91 Å². The Morgan fingerprint density at radius 3 is 2.14 bits per heavy atom. The SMILES string of the molecule is O=C(NN=C1C2CC3CC(C2)CC1C3)c1ccc(F)cc1. The minimum absolute atomic E-state index is 0.253. The fraction of sp³-hybridized carbons (Fsp3) is 0.529. The van der Waals surface area contributed by atoms with Crippen molar-refractivity contribution >= 4 is 11.6 Å². The molecule has 1 aromatic rings. The van der Waals surface area contributed by atoms with Crippen LogP contribution >= 0.6 is 0 Å². The number of carbonyl (C=O) groups excluding carboxylic acids is 1. The summed E-state index contributed by atoms with van der Waals surface area (Å²) in [6, 6.07) is 5.57. The Balaban J connectivity index is 1.48. The van der Waals surface area contributed by atoms with Gasteiger partial charge in [0.2, 0.25) is 0 Å². The van der Waals surface area contributed by atoms with Crippen molar-refractivity contribution in [2.45, 2.75) is 32.1 Å². The highest BCUT2D eigenvalue weighted by Gasteiger charge is 2.46. The van der Waals surface area contributed by atoms with Crippen LogP contribution in [-0.2, 0) is 0 Å². The Kier molecular flexibility index (Phi) is 3.05. The summed E-state index contributed by atoms with van der Waals surface area (Å²) in [4.78, 5) is 12.1.